The topological polar surface area (TPSA) is 55.1 Å². The summed E-state index contributed by atoms with van der Waals surface area (Å²) in [6.07, 6.45) is 0.262. The Kier molecular flexibility index (Phi) is 5.10. The molecule has 0 atom stereocenters. The van der Waals surface area contributed by atoms with Gasteiger partial charge < -0.3 is 11.1 Å². The molecule has 0 aliphatic rings. The SMILES string of the molecule is Cc1c(N)cccc1CNC(=O)Cc1ccc(Cl)c(Cl)c1. The number of halogens is 2. The Morgan fingerprint density at radius 2 is 1.95 bits per heavy atom. The van der Waals surface area contributed by atoms with E-state index >= 15 is 0 Å². The first kappa shape index (κ1) is 15.7. The Hall–Kier alpha value is -1.71. The van der Waals surface area contributed by atoms with Crippen LogP contribution in [0.15, 0.2) is 36.4 Å². The zero-order valence-electron chi connectivity index (χ0n) is 11.6. The smallest absolute Gasteiger partial charge is 0.224 e. The van der Waals surface area contributed by atoms with E-state index in [4.69, 9.17) is 28.9 Å². The lowest BCUT2D eigenvalue weighted by Gasteiger charge is -2.10. The predicted molar refractivity (Wildman–Crippen MR) is 87.6 cm³/mol. The lowest BCUT2D eigenvalue weighted by Crippen LogP contribution is -2.25. The molecular formula is C16H16Cl2N2O. The molecule has 3 N–H and O–H groups in total. The molecule has 0 aliphatic heterocycles. The van der Waals surface area contributed by atoms with Gasteiger partial charge in [0.25, 0.3) is 0 Å². The molecule has 3 nitrogen and oxygen atoms in total. The van der Waals surface area contributed by atoms with E-state index < -0.39 is 0 Å². The third-order valence-corrected chi connectivity index (χ3v) is 4.05. The van der Waals surface area contributed by atoms with Gasteiger partial charge in [-0.2, -0.15) is 0 Å². The molecule has 2 aromatic rings. The summed E-state index contributed by atoms with van der Waals surface area (Å²) in [5.74, 6) is -0.0739. The summed E-state index contributed by atoms with van der Waals surface area (Å²) in [7, 11) is 0. The fraction of sp³-hybridized carbons (Fsp3) is 0.188. The summed E-state index contributed by atoms with van der Waals surface area (Å²) >= 11 is 11.8. The van der Waals surface area contributed by atoms with Crippen LogP contribution in [0.25, 0.3) is 0 Å². The minimum absolute atomic E-state index is 0.0739. The van der Waals surface area contributed by atoms with Crippen molar-refractivity contribution in [1.82, 2.24) is 5.32 Å². The van der Waals surface area contributed by atoms with Crippen LogP contribution in [0.2, 0.25) is 10.0 Å². The number of benzene rings is 2. The van der Waals surface area contributed by atoms with Gasteiger partial charge in [0.2, 0.25) is 5.91 Å². The van der Waals surface area contributed by atoms with E-state index in [2.05, 4.69) is 5.32 Å². The Labute approximate surface area is 134 Å². The van der Waals surface area contributed by atoms with Crippen LogP contribution in [-0.4, -0.2) is 5.91 Å². The number of carbonyl (C=O) groups is 1. The van der Waals surface area contributed by atoms with E-state index in [9.17, 15) is 4.79 Å². The van der Waals surface area contributed by atoms with Crippen molar-refractivity contribution in [2.75, 3.05) is 5.73 Å². The molecule has 0 spiro atoms. The largest absolute Gasteiger partial charge is 0.399 e. The Bertz CT molecular complexity index is 671. The highest BCUT2D eigenvalue weighted by molar-refractivity contribution is 6.42. The molecule has 110 valence electrons. The number of anilines is 1. The van der Waals surface area contributed by atoms with Gasteiger partial charge >= 0.3 is 0 Å². The summed E-state index contributed by atoms with van der Waals surface area (Å²) < 4.78 is 0. The highest BCUT2D eigenvalue weighted by Crippen LogP contribution is 2.22. The third-order valence-electron chi connectivity index (χ3n) is 3.31. The summed E-state index contributed by atoms with van der Waals surface area (Å²) in [5, 5.41) is 3.81. The van der Waals surface area contributed by atoms with Crippen LogP contribution in [0.4, 0.5) is 5.69 Å². The highest BCUT2D eigenvalue weighted by atomic mass is 35.5. The second-order valence-corrected chi connectivity index (χ2v) is 5.65. The van der Waals surface area contributed by atoms with E-state index in [-0.39, 0.29) is 12.3 Å². The zero-order valence-corrected chi connectivity index (χ0v) is 13.1. The van der Waals surface area contributed by atoms with E-state index in [0.717, 1.165) is 22.4 Å². The van der Waals surface area contributed by atoms with E-state index in [1.807, 2.05) is 25.1 Å². The monoisotopic (exact) mass is 322 g/mol. The quantitative estimate of drug-likeness (QED) is 0.842. The summed E-state index contributed by atoms with van der Waals surface area (Å²) in [6, 6.07) is 10.9. The first-order valence-corrected chi connectivity index (χ1v) is 7.27. The van der Waals surface area contributed by atoms with Gasteiger partial charge in [0, 0.05) is 12.2 Å². The number of rotatable bonds is 4. The molecule has 0 unspecified atom stereocenters. The van der Waals surface area contributed by atoms with E-state index in [1.165, 1.54) is 0 Å². The van der Waals surface area contributed by atoms with Gasteiger partial charge in [-0.15, -0.1) is 0 Å². The van der Waals surface area contributed by atoms with Gasteiger partial charge in [-0.1, -0.05) is 41.4 Å². The maximum atomic E-state index is 12.0. The molecule has 2 rings (SSSR count). The van der Waals surface area contributed by atoms with Crippen LogP contribution in [0, 0.1) is 6.92 Å². The first-order valence-electron chi connectivity index (χ1n) is 6.52. The number of hydrogen-bond acceptors (Lipinski definition) is 2. The Morgan fingerprint density at radius 3 is 2.67 bits per heavy atom. The fourth-order valence-corrected chi connectivity index (χ4v) is 2.31. The van der Waals surface area contributed by atoms with Crippen LogP contribution in [0.1, 0.15) is 16.7 Å². The maximum Gasteiger partial charge on any atom is 0.224 e. The van der Waals surface area contributed by atoms with Crippen molar-refractivity contribution in [3.63, 3.8) is 0 Å². The van der Waals surface area contributed by atoms with Gasteiger partial charge in [-0.25, -0.2) is 0 Å². The van der Waals surface area contributed by atoms with Gasteiger partial charge in [-0.3, -0.25) is 4.79 Å². The van der Waals surface area contributed by atoms with Gasteiger partial charge in [0.15, 0.2) is 0 Å². The molecule has 2 aromatic carbocycles. The van der Waals surface area contributed by atoms with Gasteiger partial charge in [-0.05, 0) is 41.8 Å². The number of hydrogen-bond donors (Lipinski definition) is 2. The minimum atomic E-state index is -0.0739. The molecule has 0 heterocycles. The van der Waals surface area contributed by atoms with Crippen molar-refractivity contribution in [3.8, 4) is 0 Å². The Balaban J connectivity index is 1.96. The number of amides is 1. The standard InChI is InChI=1S/C16H16Cl2N2O/c1-10-12(3-2-4-15(10)19)9-20-16(21)8-11-5-6-13(17)14(18)7-11/h2-7H,8-9,19H2,1H3,(H,20,21). The second kappa shape index (κ2) is 6.83. The predicted octanol–water partition coefficient (Wildman–Crippen LogP) is 3.74. The van der Waals surface area contributed by atoms with Crippen LogP contribution in [0.3, 0.4) is 0 Å². The van der Waals surface area contributed by atoms with Crippen LogP contribution in [0.5, 0.6) is 0 Å². The summed E-state index contributed by atoms with van der Waals surface area (Å²) in [5.41, 5.74) is 9.40. The maximum absolute atomic E-state index is 12.0. The Morgan fingerprint density at radius 1 is 1.19 bits per heavy atom. The number of carbonyl (C=O) groups excluding carboxylic acids is 1. The molecule has 0 saturated carbocycles. The fourth-order valence-electron chi connectivity index (χ4n) is 1.99. The van der Waals surface area contributed by atoms with Gasteiger partial charge in [0.05, 0.1) is 16.5 Å². The molecule has 5 heteroatoms. The third kappa shape index (κ3) is 4.13. The minimum Gasteiger partial charge on any atom is -0.399 e. The number of nitrogens with one attached hydrogen (secondary N) is 1. The molecule has 0 fully saturated rings. The molecule has 1 amide bonds. The summed E-state index contributed by atoms with van der Waals surface area (Å²) in [4.78, 5) is 12.0. The lowest BCUT2D eigenvalue weighted by atomic mass is 10.1. The van der Waals surface area contributed by atoms with Crippen molar-refractivity contribution < 1.29 is 4.79 Å². The molecule has 0 saturated heterocycles. The van der Waals surface area contributed by atoms with Crippen molar-refractivity contribution >= 4 is 34.8 Å². The summed E-state index contributed by atoms with van der Waals surface area (Å²) in [6.45, 7) is 2.40. The lowest BCUT2D eigenvalue weighted by molar-refractivity contribution is -0.120. The van der Waals surface area contributed by atoms with Crippen molar-refractivity contribution in [2.24, 2.45) is 0 Å². The van der Waals surface area contributed by atoms with Crippen LogP contribution < -0.4 is 11.1 Å². The molecule has 0 aliphatic carbocycles. The average molecular weight is 323 g/mol. The molecule has 0 radical (unpaired) electrons. The van der Waals surface area contributed by atoms with Crippen molar-refractivity contribution in [1.29, 1.82) is 0 Å². The van der Waals surface area contributed by atoms with Crippen LogP contribution >= 0.6 is 23.2 Å². The highest BCUT2D eigenvalue weighted by Gasteiger charge is 2.07. The molecular weight excluding hydrogens is 307 g/mol. The first-order chi connectivity index (χ1) is 9.97. The molecule has 0 aromatic heterocycles. The molecule has 21 heavy (non-hydrogen) atoms. The number of nitrogens with two attached hydrogens (primary N) is 1. The zero-order chi connectivity index (χ0) is 15.4. The normalized spacial score (nSPS) is 10.4. The second-order valence-electron chi connectivity index (χ2n) is 4.83. The van der Waals surface area contributed by atoms with E-state index in [1.54, 1.807) is 18.2 Å². The molecule has 0 bridgehead atoms. The van der Waals surface area contributed by atoms with E-state index in [0.29, 0.717) is 16.6 Å². The van der Waals surface area contributed by atoms with Crippen molar-refractivity contribution in [3.05, 3.63) is 63.1 Å². The van der Waals surface area contributed by atoms with Gasteiger partial charge in [0.1, 0.15) is 0 Å². The van der Waals surface area contributed by atoms with Crippen molar-refractivity contribution in [2.45, 2.75) is 19.9 Å². The average Bonchev–Trinajstić information content (AvgIpc) is 2.44. The number of nitrogen functional groups attached to an aromatic ring is 1. The van der Waals surface area contributed by atoms with Crippen LogP contribution in [-0.2, 0) is 17.8 Å².